The van der Waals surface area contributed by atoms with Gasteiger partial charge in [-0.05, 0) is 36.3 Å². The van der Waals surface area contributed by atoms with Crippen molar-refractivity contribution in [1.82, 2.24) is 0 Å². The molecule has 0 aliphatic heterocycles. The minimum absolute atomic E-state index is 0.101. The van der Waals surface area contributed by atoms with Gasteiger partial charge in [0.1, 0.15) is 17.7 Å². The second kappa shape index (κ2) is 7.38. The molecule has 0 aromatic heterocycles. The average Bonchev–Trinajstić information content (AvgIpc) is 2.55. The first kappa shape index (κ1) is 15.7. The maximum Gasteiger partial charge on any atom is 0.211 e. The van der Waals surface area contributed by atoms with E-state index in [-0.39, 0.29) is 28.9 Å². The largest absolute Gasteiger partial charge is 0.265 e. The van der Waals surface area contributed by atoms with Crippen molar-refractivity contribution in [2.75, 3.05) is 6.54 Å². The minimum Gasteiger partial charge on any atom is -0.265 e. The maximum atomic E-state index is 11.1. The highest BCUT2D eigenvalue weighted by atomic mass is 16.6. The van der Waals surface area contributed by atoms with E-state index in [0.717, 1.165) is 30.4 Å². The van der Waals surface area contributed by atoms with Gasteiger partial charge in [-0.2, -0.15) is 10.5 Å². The Morgan fingerprint density at radius 2 is 1.95 bits per heavy atom. The Labute approximate surface area is 129 Å². The van der Waals surface area contributed by atoms with Crippen LogP contribution in [-0.2, 0) is 0 Å². The molecule has 0 unspecified atom stereocenters. The SMILES string of the molecule is N#CC(C#N)=C1CCCC[C@H]1[C@@H](C[N+](=O)[O-])c1ccccc1. The number of rotatable bonds is 4. The first-order valence-electron chi connectivity index (χ1n) is 7.37. The third-order valence-corrected chi connectivity index (χ3v) is 4.26. The molecule has 1 saturated carbocycles. The number of benzene rings is 1. The Kier molecular flexibility index (Phi) is 5.27. The molecule has 2 atom stereocenters. The van der Waals surface area contributed by atoms with Gasteiger partial charge >= 0.3 is 0 Å². The highest BCUT2D eigenvalue weighted by Crippen LogP contribution is 2.41. The fourth-order valence-corrected chi connectivity index (χ4v) is 3.29. The van der Waals surface area contributed by atoms with Crippen LogP contribution in [0, 0.1) is 38.7 Å². The Bertz CT molecular complexity index is 637. The topological polar surface area (TPSA) is 90.7 Å². The molecule has 0 saturated heterocycles. The third kappa shape index (κ3) is 3.51. The van der Waals surface area contributed by atoms with Crippen molar-refractivity contribution in [2.24, 2.45) is 5.92 Å². The van der Waals surface area contributed by atoms with Gasteiger partial charge in [-0.1, -0.05) is 36.8 Å². The number of nitriles is 2. The first-order chi connectivity index (χ1) is 10.7. The summed E-state index contributed by atoms with van der Waals surface area (Å²) in [5, 5.41) is 29.4. The molecule has 0 N–H and O–H groups in total. The maximum absolute atomic E-state index is 11.1. The summed E-state index contributed by atoms with van der Waals surface area (Å²) in [6, 6.07) is 13.3. The van der Waals surface area contributed by atoms with E-state index in [2.05, 4.69) is 0 Å². The Balaban J connectivity index is 2.45. The minimum atomic E-state index is -0.303. The number of hydrogen-bond donors (Lipinski definition) is 0. The van der Waals surface area contributed by atoms with E-state index in [0.29, 0.717) is 6.42 Å². The lowest BCUT2D eigenvalue weighted by Gasteiger charge is -2.31. The average molecular weight is 295 g/mol. The van der Waals surface area contributed by atoms with Crippen molar-refractivity contribution < 1.29 is 4.92 Å². The zero-order chi connectivity index (χ0) is 15.9. The van der Waals surface area contributed by atoms with E-state index < -0.39 is 0 Å². The number of nitro groups is 1. The molecule has 0 bridgehead atoms. The number of allylic oxidation sites excluding steroid dienone is 2. The van der Waals surface area contributed by atoms with Gasteiger partial charge in [0.05, 0.1) is 5.92 Å². The van der Waals surface area contributed by atoms with Crippen LogP contribution in [0.3, 0.4) is 0 Å². The van der Waals surface area contributed by atoms with Gasteiger partial charge in [-0.15, -0.1) is 0 Å². The molecule has 0 heterocycles. The molecular formula is C17H17N3O2. The zero-order valence-electron chi connectivity index (χ0n) is 12.2. The highest BCUT2D eigenvalue weighted by molar-refractivity contribution is 5.43. The van der Waals surface area contributed by atoms with E-state index in [4.69, 9.17) is 10.5 Å². The van der Waals surface area contributed by atoms with Crippen LogP contribution in [0.1, 0.15) is 37.2 Å². The molecule has 1 fully saturated rings. The van der Waals surface area contributed by atoms with Crippen molar-refractivity contribution in [2.45, 2.75) is 31.6 Å². The van der Waals surface area contributed by atoms with Crippen LogP contribution >= 0.6 is 0 Å². The normalized spacial score (nSPS) is 18.8. The van der Waals surface area contributed by atoms with Gasteiger partial charge in [0.2, 0.25) is 6.54 Å². The summed E-state index contributed by atoms with van der Waals surface area (Å²) in [6.45, 7) is -0.178. The second-order valence-corrected chi connectivity index (χ2v) is 5.51. The molecular weight excluding hydrogens is 278 g/mol. The molecule has 1 aliphatic carbocycles. The van der Waals surface area contributed by atoms with Crippen LogP contribution in [-0.4, -0.2) is 11.5 Å². The summed E-state index contributed by atoms with van der Waals surface area (Å²) in [5.74, 6) is -0.390. The standard InChI is InChI=1S/C17H17N3O2/c18-10-14(11-19)15-8-4-5-9-16(15)17(12-20(21)22)13-6-2-1-3-7-13/h1-3,6-7,16-17H,4-5,8-9,12H2/t16-,17+/m1/s1. The van der Waals surface area contributed by atoms with Gasteiger partial charge in [-0.3, -0.25) is 10.1 Å². The predicted octanol–water partition coefficient (Wildman–Crippen LogP) is 3.58. The number of nitrogens with zero attached hydrogens (tertiary/aromatic N) is 3. The van der Waals surface area contributed by atoms with Crippen molar-refractivity contribution in [1.29, 1.82) is 10.5 Å². The molecule has 0 radical (unpaired) electrons. The molecule has 0 spiro atoms. The number of hydrogen-bond acceptors (Lipinski definition) is 4. The Morgan fingerprint density at radius 3 is 2.55 bits per heavy atom. The highest BCUT2D eigenvalue weighted by Gasteiger charge is 2.33. The van der Waals surface area contributed by atoms with Crippen molar-refractivity contribution >= 4 is 0 Å². The summed E-state index contributed by atoms with van der Waals surface area (Å²) in [5.41, 5.74) is 1.83. The van der Waals surface area contributed by atoms with E-state index in [9.17, 15) is 10.1 Å². The molecule has 5 heteroatoms. The van der Waals surface area contributed by atoms with Gasteiger partial charge in [0.25, 0.3) is 0 Å². The lowest BCUT2D eigenvalue weighted by Crippen LogP contribution is -2.25. The smallest absolute Gasteiger partial charge is 0.211 e. The summed E-state index contributed by atoms with van der Waals surface area (Å²) < 4.78 is 0. The van der Waals surface area contributed by atoms with Gasteiger partial charge < -0.3 is 0 Å². The molecule has 1 aromatic rings. The molecule has 2 rings (SSSR count). The van der Waals surface area contributed by atoms with Crippen LogP contribution in [0.15, 0.2) is 41.5 Å². The molecule has 1 aliphatic rings. The predicted molar refractivity (Wildman–Crippen MR) is 81.3 cm³/mol. The Morgan fingerprint density at radius 1 is 1.27 bits per heavy atom. The molecule has 5 nitrogen and oxygen atoms in total. The lowest BCUT2D eigenvalue weighted by molar-refractivity contribution is -0.484. The lowest BCUT2D eigenvalue weighted by atomic mass is 9.72. The van der Waals surface area contributed by atoms with Crippen molar-refractivity contribution in [3.8, 4) is 12.1 Å². The van der Waals surface area contributed by atoms with Gasteiger partial charge in [0, 0.05) is 4.92 Å². The molecule has 1 aromatic carbocycles. The van der Waals surface area contributed by atoms with Crippen LogP contribution in [0.25, 0.3) is 0 Å². The van der Waals surface area contributed by atoms with E-state index in [1.165, 1.54) is 0 Å². The van der Waals surface area contributed by atoms with Crippen LogP contribution in [0.2, 0.25) is 0 Å². The first-order valence-corrected chi connectivity index (χ1v) is 7.37. The van der Waals surface area contributed by atoms with Crippen LogP contribution in [0.5, 0.6) is 0 Å². The van der Waals surface area contributed by atoms with Crippen molar-refractivity contribution in [3.63, 3.8) is 0 Å². The van der Waals surface area contributed by atoms with E-state index in [1.807, 2.05) is 42.5 Å². The quantitative estimate of drug-likeness (QED) is 0.482. The fraction of sp³-hybridized carbons (Fsp3) is 0.412. The van der Waals surface area contributed by atoms with Crippen LogP contribution in [0.4, 0.5) is 0 Å². The fourth-order valence-electron chi connectivity index (χ4n) is 3.29. The molecule has 22 heavy (non-hydrogen) atoms. The summed E-state index contributed by atoms with van der Waals surface area (Å²) in [6.07, 6.45) is 3.37. The zero-order valence-corrected chi connectivity index (χ0v) is 12.2. The van der Waals surface area contributed by atoms with Crippen LogP contribution < -0.4 is 0 Å². The second-order valence-electron chi connectivity index (χ2n) is 5.51. The van der Waals surface area contributed by atoms with E-state index in [1.54, 1.807) is 0 Å². The monoisotopic (exact) mass is 295 g/mol. The van der Waals surface area contributed by atoms with E-state index >= 15 is 0 Å². The van der Waals surface area contributed by atoms with Gasteiger partial charge in [-0.25, -0.2) is 0 Å². The Hall–Kier alpha value is -2.66. The summed E-state index contributed by atoms with van der Waals surface area (Å²) in [4.78, 5) is 10.8. The molecule has 112 valence electrons. The summed E-state index contributed by atoms with van der Waals surface area (Å²) in [7, 11) is 0. The van der Waals surface area contributed by atoms with Crippen molar-refractivity contribution in [3.05, 3.63) is 57.2 Å². The third-order valence-electron chi connectivity index (χ3n) is 4.26. The summed E-state index contributed by atoms with van der Waals surface area (Å²) >= 11 is 0. The van der Waals surface area contributed by atoms with Gasteiger partial charge in [0.15, 0.2) is 0 Å². The molecule has 0 amide bonds.